The molecule has 2 rings (SSSR count). The van der Waals surface area contributed by atoms with Crippen molar-refractivity contribution >= 4 is 22.6 Å². The van der Waals surface area contributed by atoms with Gasteiger partial charge < -0.3 is 5.32 Å². The number of benzene rings is 1. The Kier molecular flexibility index (Phi) is 4.71. The van der Waals surface area contributed by atoms with E-state index in [2.05, 4.69) is 64.2 Å². The highest BCUT2D eigenvalue weighted by atomic mass is 127. The Morgan fingerprint density at radius 1 is 1.39 bits per heavy atom. The number of halogens is 1. The van der Waals surface area contributed by atoms with Crippen LogP contribution in [-0.4, -0.2) is 21.5 Å². The van der Waals surface area contributed by atoms with Crippen LogP contribution < -0.4 is 5.32 Å². The molecule has 96 valence electrons. The minimum atomic E-state index is 0.775. The van der Waals surface area contributed by atoms with E-state index in [4.69, 9.17) is 0 Å². The van der Waals surface area contributed by atoms with E-state index < -0.39 is 0 Å². The molecule has 0 aliphatic rings. The fraction of sp³-hybridized carbons (Fsp3) is 0.385. The highest BCUT2D eigenvalue weighted by Gasteiger charge is 2.06. The molecule has 18 heavy (non-hydrogen) atoms. The van der Waals surface area contributed by atoms with Crippen molar-refractivity contribution in [3.05, 3.63) is 39.2 Å². The van der Waals surface area contributed by atoms with Crippen molar-refractivity contribution in [3.8, 4) is 5.69 Å². The molecule has 0 atom stereocenters. The monoisotopic (exact) mass is 356 g/mol. The predicted molar refractivity (Wildman–Crippen MR) is 80.8 cm³/mol. The average molecular weight is 356 g/mol. The van der Waals surface area contributed by atoms with Gasteiger partial charge in [-0.3, -0.25) is 0 Å². The molecule has 0 aliphatic heterocycles. The fourth-order valence-corrected chi connectivity index (χ4v) is 2.22. The largest absolute Gasteiger partial charge is 0.311 e. The molecule has 0 unspecified atom stereocenters. The van der Waals surface area contributed by atoms with Crippen molar-refractivity contribution < 1.29 is 0 Å². The Morgan fingerprint density at radius 3 is 3.00 bits per heavy atom. The summed E-state index contributed by atoms with van der Waals surface area (Å²) < 4.78 is 3.09. The molecule has 0 bridgehead atoms. The number of hydrogen-bond donors (Lipinski definition) is 1. The van der Waals surface area contributed by atoms with Gasteiger partial charge in [0.15, 0.2) is 0 Å². The van der Waals surface area contributed by atoms with Gasteiger partial charge in [-0.2, -0.15) is 0 Å². The summed E-state index contributed by atoms with van der Waals surface area (Å²) in [7, 11) is 0. The van der Waals surface area contributed by atoms with Crippen LogP contribution in [0.15, 0.2) is 24.4 Å². The van der Waals surface area contributed by atoms with Gasteiger partial charge in [-0.05, 0) is 60.2 Å². The number of nitrogens with zero attached hydrogens (tertiary/aromatic N) is 3. The summed E-state index contributed by atoms with van der Waals surface area (Å²) in [6.45, 7) is 6.04. The number of aromatic nitrogens is 3. The maximum absolute atomic E-state index is 4.19. The molecule has 0 amide bonds. The highest BCUT2D eigenvalue weighted by Crippen LogP contribution is 2.18. The molecule has 5 heteroatoms. The second kappa shape index (κ2) is 6.29. The molecule has 0 spiro atoms. The van der Waals surface area contributed by atoms with Crippen molar-refractivity contribution in [1.82, 2.24) is 20.3 Å². The van der Waals surface area contributed by atoms with E-state index in [0.29, 0.717) is 0 Å². The third kappa shape index (κ3) is 3.08. The minimum Gasteiger partial charge on any atom is -0.311 e. The van der Waals surface area contributed by atoms with Gasteiger partial charge in [0.2, 0.25) is 0 Å². The summed E-state index contributed by atoms with van der Waals surface area (Å²) in [5.41, 5.74) is 3.30. The lowest BCUT2D eigenvalue weighted by atomic mass is 10.2. The quantitative estimate of drug-likeness (QED) is 0.662. The lowest BCUT2D eigenvalue weighted by molar-refractivity contribution is 0.662. The van der Waals surface area contributed by atoms with E-state index in [9.17, 15) is 0 Å². The Bertz CT molecular complexity index is 521. The predicted octanol–water partition coefficient (Wildman–Crippen LogP) is 2.68. The van der Waals surface area contributed by atoms with Crippen LogP contribution in [0.1, 0.15) is 24.6 Å². The molecule has 2 aromatic rings. The van der Waals surface area contributed by atoms with Crippen molar-refractivity contribution in [3.63, 3.8) is 0 Å². The van der Waals surface area contributed by atoms with Crippen molar-refractivity contribution in [2.45, 2.75) is 26.8 Å². The summed E-state index contributed by atoms with van der Waals surface area (Å²) in [5, 5.41) is 11.7. The molecular weight excluding hydrogens is 339 g/mol. The molecule has 1 N–H and O–H groups in total. The molecule has 0 fully saturated rings. The minimum absolute atomic E-state index is 0.775. The van der Waals surface area contributed by atoms with Crippen molar-refractivity contribution in [1.29, 1.82) is 0 Å². The zero-order valence-electron chi connectivity index (χ0n) is 10.7. The lowest BCUT2D eigenvalue weighted by Crippen LogP contribution is -2.13. The summed E-state index contributed by atoms with van der Waals surface area (Å²) in [4.78, 5) is 0. The number of nitrogens with one attached hydrogen (secondary N) is 1. The van der Waals surface area contributed by atoms with Gasteiger partial charge in [-0.25, -0.2) is 4.68 Å². The van der Waals surface area contributed by atoms with Gasteiger partial charge in [0.25, 0.3) is 0 Å². The molecule has 1 aromatic carbocycles. The first-order valence-corrected chi connectivity index (χ1v) is 7.17. The van der Waals surface area contributed by atoms with E-state index in [1.54, 1.807) is 0 Å². The number of hydrogen-bond acceptors (Lipinski definition) is 3. The van der Waals surface area contributed by atoms with Gasteiger partial charge in [-0.15, -0.1) is 5.10 Å². The molecule has 1 heterocycles. The zero-order chi connectivity index (χ0) is 13.0. The topological polar surface area (TPSA) is 42.7 Å². The van der Waals surface area contributed by atoms with E-state index >= 15 is 0 Å². The highest BCUT2D eigenvalue weighted by molar-refractivity contribution is 14.1. The van der Waals surface area contributed by atoms with E-state index in [1.807, 2.05) is 16.9 Å². The molecule has 4 nitrogen and oxygen atoms in total. The maximum atomic E-state index is 4.19. The summed E-state index contributed by atoms with van der Waals surface area (Å²) >= 11 is 2.34. The van der Waals surface area contributed by atoms with Gasteiger partial charge in [-0.1, -0.05) is 18.2 Å². The molecular formula is C13H17IN4. The summed E-state index contributed by atoms with van der Waals surface area (Å²) in [5.74, 6) is 0. The zero-order valence-corrected chi connectivity index (χ0v) is 12.8. The van der Waals surface area contributed by atoms with Crippen LogP contribution in [-0.2, 0) is 6.54 Å². The summed E-state index contributed by atoms with van der Waals surface area (Å²) in [6.07, 6.45) is 3.12. The third-order valence-electron chi connectivity index (χ3n) is 2.76. The molecule has 0 aliphatic carbocycles. The van der Waals surface area contributed by atoms with E-state index in [0.717, 1.165) is 30.9 Å². The Labute approximate surface area is 121 Å². The number of rotatable bonds is 5. The van der Waals surface area contributed by atoms with Crippen LogP contribution in [0.25, 0.3) is 5.69 Å². The fourth-order valence-electron chi connectivity index (χ4n) is 1.73. The van der Waals surface area contributed by atoms with Crippen LogP contribution >= 0.6 is 22.6 Å². The van der Waals surface area contributed by atoms with Crippen LogP contribution in [0.3, 0.4) is 0 Å². The van der Waals surface area contributed by atoms with Crippen molar-refractivity contribution in [2.75, 3.05) is 6.54 Å². The third-order valence-corrected chi connectivity index (χ3v) is 3.93. The molecule has 0 radical (unpaired) electrons. The van der Waals surface area contributed by atoms with E-state index in [1.165, 1.54) is 9.13 Å². The Morgan fingerprint density at radius 2 is 2.22 bits per heavy atom. The maximum Gasteiger partial charge on any atom is 0.0969 e. The van der Waals surface area contributed by atoms with Gasteiger partial charge in [0.05, 0.1) is 17.6 Å². The van der Waals surface area contributed by atoms with Crippen LogP contribution in [0.4, 0.5) is 0 Å². The van der Waals surface area contributed by atoms with Gasteiger partial charge >= 0.3 is 0 Å². The normalized spacial score (nSPS) is 10.8. The van der Waals surface area contributed by atoms with Crippen LogP contribution in [0, 0.1) is 10.5 Å². The smallest absolute Gasteiger partial charge is 0.0969 e. The van der Waals surface area contributed by atoms with E-state index in [-0.39, 0.29) is 0 Å². The molecule has 0 saturated heterocycles. The molecule has 0 saturated carbocycles. The van der Waals surface area contributed by atoms with Crippen LogP contribution in [0.2, 0.25) is 0 Å². The second-order valence-corrected chi connectivity index (χ2v) is 5.38. The first kappa shape index (κ1) is 13.5. The summed E-state index contributed by atoms with van der Waals surface area (Å²) in [6, 6.07) is 6.20. The van der Waals surface area contributed by atoms with Gasteiger partial charge in [0, 0.05) is 10.1 Å². The Balaban J connectivity index is 2.16. The SMILES string of the molecule is CCCNCc1cn(-c2cccc(I)c2C)nn1. The first-order chi connectivity index (χ1) is 8.72. The molecule has 1 aromatic heterocycles. The standard InChI is InChI=1S/C13H17IN4/c1-3-7-15-8-11-9-18(17-16-11)13-6-4-5-12(14)10(13)2/h4-6,9,15H,3,7-8H2,1-2H3. The average Bonchev–Trinajstić information content (AvgIpc) is 2.82. The lowest BCUT2D eigenvalue weighted by Gasteiger charge is -2.06. The van der Waals surface area contributed by atoms with Crippen LogP contribution in [0.5, 0.6) is 0 Å². The first-order valence-electron chi connectivity index (χ1n) is 6.09. The van der Waals surface area contributed by atoms with Gasteiger partial charge in [0.1, 0.15) is 0 Å². The van der Waals surface area contributed by atoms with Crippen molar-refractivity contribution in [2.24, 2.45) is 0 Å². The Hall–Kier alpha value is -0.950. The second-order valence-electron chi connectivity index (χ2n) is 4.22.